The van der Waals surface area contributed by atoms with Gasteiger partial charge in [0.15, 0.2) is 0 Å². The lowest BCUT2D eigenvalue weighted by Crippen LogP contribution is -2.45. The van der Waals surface area contributed by atoms with Gasteiger partial charge in [-0.25, -0.2) is 4.39 Å². The molecule has 0 aliphatic carbocycles. The molecule has 1 fully saturated rings. The van der Waals surface area contributed by atoms with Crippen LogP contribution in [0, 0.1) is 11.7 Å². The normalized spacial score (nSPS) is 16.5. The zero-order chi connectivity index (χ0) is 18.7. The third-order valence-corrected chi connectivity index (χ3v) is 4.30. The van der Waals surface area contributed by atoms with E-state index in [2.05, 4.69) is 10.9 Å². The summed E-state index contributed by atoms with van der Waals surface area (Å²) in [5.41, 5.74) is 4.88. The van der Waals surface area contributed by atoms with Crippen LogP contribution in [0.1, 0.15) is 16.8 Å². The lowest BCUT2D eigenvalue weighted by molar-refractivity contribution is -0.126. The van der Waals surface area contributed by atoms with Crippen LogP contribution in [0.25, 0.3) is 0 Å². The van der Waals surface area contributed by atoms with E-state index in [-0.39, 0.29) is 24.4 Å². The minimum absolute atomic E-state index is 0.0179. The third-order valence-electron chi connectivity index (χ3n) is 4.05. The van der Waals surface area contributed by atoms with Crippen molar-refractivity contribution in [3.63, 3.8) is 0 Å². The number of carbonyl (C=O) groups excluding carboxylic acids is 3. The zero-order valence-electron chi connectivity index (χ0n) is 13.5. The number of nitrogens with zero attached hydrogens (tertiary/aromatic N) is 1. The van der Waals surface area contributed by atoms with Gasteiger partial charge in [-0.05, 0) is 36.4 Å². The van der Waals surface area contributed by atoms with E-state index in [1.54, 1.807) is 24.3 Å². The molecular weight excluding hydrogens is 361 g/mol. The second-order valence-electron chi connectivity index (χ2n) is 5.81. The van der Waals surface area contributed by atoms with E-state index in [1.807, 2.05) is 0 Å². The first-order valence-electron chi connectivity index (χ1n) is 7.86. The van der Waals surface area contributed by atoms with E-state index in [1.165, 1.54) is 23.1 Å². The molecule has 0 saturated carbocycles. The van der Waals surface area contributed by atoms with Crippen molar-refractivity contribution in [2.24, 2.45) is 5.92 Å². The van der Waals surface area contributed by atoms with Crippen LogP contribution in [-0.4, -0.2) is 24.3 Å². The van der Waals surface area contributed by atoms with Gasteiger partial charge in [0.25, 0.3) is 5.91 Å². The smallest absolute Gasteiger partial charge is 0.272 e. The molecule has 1 atom stereocenters. The van der Waals surface area contributed by atoms with E-state index in [0.717, 1.165) is 6.07 Å². The van der Waals surface area contributed by atoms with E-state index < -0.39 is 23.5 Å². The Morgan fingerprint density at radius 3 is 2.46 bits per heavy atom. The molecular formula is C18H15ClFN3O3. The molecule has 2 aromatic carbocycles. The summed E-state index contributed by atoms with van der Waals surface area (Å²) >= 11 is 5.83. The number of nitrogens with one attached hydrogen (secondary N) is 2. The molecule has 1 saturated heterocycles. The van der Waals surface area contributed by atoms with Crippen molar-refractivity contribution >= 4 is 35.0 Å². The highest BCUT2D eigenvalue weighted by Gasteiger charge is 2.35. The van der Waals surface area contributed by atoms with Crippen molar-refractivity contribution in [2.75, 3.05) is 11.4 Å². The average molecular weight is 376 g/mol. The van der Waals surface area contributed by atoms with Crippen molar-refractivity contribution in [1.29, 1.82) is 0 Å². The fraction of sp³-hybridized carbons (Fsp3) is 0.167. The van der Waals surface area contributed by atoms with Gasteiger partial charge in [-0.3, -0.25) is 25.2 Å². The summed E-state index contributed by atoms with van der Waals surface area (Å²) in [6, 6.07) is 12.1. The second kappa shape index (κ2) is 7.53. The number of benzene rings is 2. The summed E-state index contributed by atoms with van der Waals surface area (Å²) in [5, 5.41) is 0.547. The molecule has 2 aromatic rings. The fourth-order valence-corrected chi connectivity index (χ4v) is 2.81. The molecule has 0 bridgehead atoms. The number of hydrazine groups is 1. The molecule has 3 rings (SSSR count). The van der Waals surface area contributed by atoms with Gasteiger partial charge in [-0.2, -0.15) is 0 Å². The molecule has 8 heteroatoms. The summed E-state index contributed by atoms with van der Waals surface area (Å²) in [4.78, 5) is 37.8. The van der Waals surface area contributed by atoms with Crippen LogP contribution in [0.15, 0.2) is 48.5 Å². The predicted molar refractivity (Wildman–Crippen MR) is 93.9 cm³/mol. The Morgan fingerprint density at radius 2 is 1.77 bits per heavy atom. The largest absolute Gasteiger partial charge is 0.312 e. The van der Waals surface area contributed by atoms with Gasteiger partial charge in [-0.1, -0.05) is 23.7 Å². The summed E-state index contributed by atoms with van der Waals surface area (Å²) < 4.78 is 13.5. The highest BCUT2D eigenvalue weighted by Crippen LogP contribution is 2.26. The quantitative estimate of drug-likeness (QED) is 0.808. The number of amides is 3. The Bertz CT molecular complexity index is 857. The third kappa shape index (κ3) is 3.83. The van der Waals surface area contributed by atoms with Crippen LogP contribution in [0.5, 0.6) is 0 Å². The molecule has 0 aromatic heterocycles. The standard InChI is InChI=1S/C18H15ClFN3O3/c19-12-5-7-13(8-6-12)23-10-11(9-16(23)24)17(25)21-22-18(26)14-3-1-2-4-15(14)20/h1-8,11H,9-10H2,(H,21,25)(H,22,26)/t11-/m0/s1. The van der Waals surface area contributed by atoms with Crippen LogP contribution in [0.2, 0.25) is 5.02 Å². The van der Waals surface area contributed by atoms with Gasteiger partial charge in [0.2, 0.25) is 11.8 Å². The van der Waals surface area contributed by atoms with Gasteiger partial charge in [-0.15, -0.1) is 0 Å². The minimum Gasteiger partial charge on any atom is -0.312 e. The summed E-state index contributed by atoms with van der Waals surface area (Å²) in [6.45, 7) is 0.182. The maximum atomic E-state index is 13.5. The summed E-state index contributed by atoms with van der Waals surface area (Å²) in [5.74, 6) is -2.80. The first-order valence-corrected chi connectivity index (χ1v) is 8.24. The molecule has 0 unspecified atom stereocenters. The number of hydrogen-bond acceptors (Lipinski definition) is 3. The number of anilines is 1. The zero-order valence-corrected chi connectivity index (χ0v) is 14.3. The number of carbonyl (C=O) groups is 3. The molecule has 0 spiro atoms. The number of halogens is 2. The van der Waals surface area contributed by atoms with Crippen molar-refractivity contribution in [2.45, 2.75) is 6.42 Å². The van der Waals surface area contributed by atoms with Crippen LogP contribution in [-0.2, 0) is 9.59 Å². The molecule has 6 nitrogen and oxygen atoms in total. The van der Waals surface area contributed by atoms with Crippen LogP contribution in [0.3, 0.4) is 0 Å². The Hall–Kier alpha value is -2.93. The Labute approximate surface area is 153 Å². The number of hydrogen-bond donors (Lipinski definition) is 2. The van der Waals surface area contributed by atoms with Gasteiger partial charge in [0.05, 0.1) is 11.5 Å². The topological polar surface area (TPSA) is 78.5 Å². The molecule has 1 aliphatic rings. The second-order valence-corrected chi connectivity index (χ2v) is 6.24. The lowest BCUT2D eigenvalue weighted by atomic mass is 10.1. The van der Waals surface area contributed by atoms with Gasteiger partial charge < -0.3 is 4.90 Å². The van der Waals surface area contributed by atoms with Gasteiger partial charge in [0.1, 0.15) is 5.82 Å². The van der Waals surface area contributed by atoms with Gasteiger partial charge in [0, 0.05) is 23.7 Å². The Kier molecular flexibility index (Phi) is 5.18. The monoisotopic (exact) mass is 375 g/mol. The van der Waals surface area contributed by atoms with E-state index in [0.29, 0.717) is 10.7 Å². The molecule has 1 aliphatic heterocycles. The first-order chi connectivity index (χ1) is 12.5. The molecule has 2 N–H and O–H groups in total. The minimum atomic E-state index is -0.768. The molecule has 0 radical (unpaired) electrons. The van der Waals surface area contributed by atoms with Crippen LogP contribution >= 0.6 is 11.6 Å². The van der Waals surface area contributed by atoms with E-state index in [4.69, 9.17) is 11.6 Å². The summed E-state index contributed by atoms with van der Waals surface area (Å²) in [7, 11) is 0. The van der Waals surface area contributed by atoms with Crippen molar-refractivity contribution in [3.05, 3.63) is 64.9 Å². The van der Waals surface area contributed by atoms with Crippen LogP contribution in [0.4, 0.5) is 10.1 Å². The number of rotatable bonds is 3. The fourth-order valence-electron chi connectivity index (χ4n) is 2.69. The molecule has 134 valence electrons. The Morgan fingerprint density at radius 1 is 1.08 bits per heavy atom. The highest BCUT2D eigenvalue weighted by molar-refractivity contribution is 6.30. The van der Waals surface area contributed by atoms with Crippen molar-refractivity contribution < 1.29 is 18.8 Å². The van der Waals surface area contributed by atoms with Crippen LogP contribution < -0.4 is 15.8 Å². The first kappa shape index (κ1) is 17.9. The highest BCUT2D eigenvalue weighted by atomic mass is 35.5. The molecule has 1 heterocycles. The molecule has 26 heavy (non-hydrogen) atoms. The van der Waals surface area contributed by atoms with Gasteiger partial charge >= 0.3 is 0 Å². The van der Waals surface area contributed by atoms with Crippen molar-refractivity contribution in [3.8, 4) is 0 Å². The predicted octanol–water partition coefficient (Wildman–Crippen LogP) is 2.29. The van der Waals surface area contributed by atoms with Crippen molar-refractivity contribution in [1.82, 2.24) is 10.9 Å². The molecule has 3 amide bonds. The van der Waals surface area contributed by atoms with E-state index in [9.17, 15) is 18.8 Å². The van der Waals surface area contributed by atoms with E-state index >= 15 is 0 Å². The SMILES string of the molecule is O=C(NNC(=O)[C@H]1CC(=O)N(c2ccc(Cl)cc2)C1)c1ccccc1F. The Balaban J connectivity index is 1.59. The maximum absolute atomic E-state index is 13.5. The lowest BCUT2D eigenvalue weighted by Gasteiger charge is -2.17. The summed E-state index contributed by atoms with van der Waals surface area (Å²) in [6.07, 6.45) is 0.0179. The average Bonchev–Trinajstić information content (AvgIpc) is 3.02. The maximum Gasteiger partial charge on any atom is 0.272 e.